The van der Waals surface area contributed by atoms with Crippen LogP contribution in [0.15, 0.2) is 61.4 Å². The number of nitrogens with zero attached hydrogens (tertiary/aromatic N) is 2. The first-order valence-corrected chi connectivity index (χ1v) is 8.64. The molecule has 0 fully saturated rings. The Labute approximate surface area is 148 Å². The van der Waals surface area contributed by atoms with Gasteiger partial charge in [0.05, 0.1) is 6.20 Å². The van der Waals surface area contributed by atoms with Crippen molar-refractivity contribution in [1.29, 1.82) is 0 Å². The number of para-hydroxylation sites is 3. The van der Waals surface area contributed by atoms with E-state index in [-0.39, 0.29) is 12.5 Å². The topological polar surface area (TPSA) is 37.9 Å². The van der Waals surface area contributed by atoms with Gasteiger partial charge in [-0.3, -0.25) is 4.79 Å². The van der Waals surface area contributed by atoms with Gasteiger partial charge < -0.3 is 5.32 Å². The zero-order chi connectivity index (χ0) is 17.8. The lowest BCUT2D eigenvalue weighted by molar-refractivity contribution is -0.658. The first-order chi connectivity index (χ1) is 12.1. The van der Waals surface area contributed by atoms with Crippen LogP contribution in [0.1, 0.15) is 31.7 Å². The van der Waals surface area contributed by atoms with Crippen molar-refractivity contribution in [3.8, 4) is 0 Å². The molecule has 1 aromatic heterocycles. The second-order valence-electron chi connectivity index (χ2n) is 6.27. The minimum Gasteiger partial charge on any atom is -0.322 e. The molecule has 1 N–H and O–H groups in total. The van der Waals surface area contributed by atoms with Crippen LogP contribution < -0.4 is 9.88 Å². The Morgan fingerprint density at radius 1 is 1.24 bits per heavy atom. The normalized spacial score (nSPS) is 12.1. The third kappa shape index (κ3) is 3.48. The summed E-state index contributed by atoms with van der Waals surface area (Å²) in [4.78, 5) is 12.6. The molecule has 1 heterocycles. The maximum absolute atomic E-state index is 12.6. The molecule has 1 amide bonds. The van der Waals surface area contributed by atoms with Gasteiger partial charge in [0, 0.05) is 5.69 Å². The number of amides is 1. The second-order valence-corrected chi connectivity index (χ2v) is 6.27. The summed E-state index contributed by atoms with van der Waals surface area (Å²) in [6.45, 7) is 8.42. The number of hydrogen-bond donors (Lipinski definition) is 1. The Bertz CT molecular complexity index is 910. The second kappa shape index (κ2) is 7.34. The molecule has 3 rings (SSSR count). The molecule has 128 valence electrons. The van der Waals surface area contributed by atoms with E-state index < -0.39 is 0 Å². The van der Waals surface area contributed by atoms with Crippen molar-refractivity contribution in [2.75, 3.05) is 5.32 Å². The fourth-order valence-electron chi connectivity index (χ4n) is 3.08. The summed E-state index contributed by atoms with van der Waals surface area (Å²) in [7, 11) is 0. The monoisotopic (exact) mass is 334 g/mol. The summed E-state index contributed by atoms with van der Waals surface area (Å²) in [5.41, 5.74) is 4.12. The molecule has 2 aromatic carbocycles. The highest BCUT2D eigenvalue weighted by molar-refractivity contribution is 5.91. The van der Waals surface area contributed by atoms with Gasteiger partial charge in [0.25, 0.3) is 5.91 Å². The summed E-state index contributed by atoms with van der Waals surface area (Å²) in [6, 6.07) is 16.0. The number of carbonyl (C=O) groups is 1. The van der Waals surface area contributed by atoms with E-state index in [9.17, 15) is 4.79 Å². The smallest absolute Gasteiger partial charge is 0.266 e. The Kier molecular flexibility index (Phi) is 4.98. The van der Waals surface area contributed by atoms with E-state index in [1.807, 2.05) is 57.9 Å². The Morgan fingerprint density at radius 2 is 1.96 bits per heavy atom. The molecule has 0 aliphatic heterocycles. The highest BCUT2D eigenvalue weighted by atomic mass is 16.1. The summed E-state index contributed by atoms with van der Waals surface area (Å²) >= 11 is 0. The van der Waals surface area contributed by atoms with Crippen molar-refractivity contribution >= 4 is 28.8 Å². The number of nitrogens with one attached hydrogen (secondary N) is 1. The molecule has 3 aromatic rings. The molecule has 0 unspecified atom stereocenters. The van der Waals surface area contributed by atoms with Crippen molar-refractivity contribution in [3.63, 3.8) is 0 Å². The quantitative estimate of drug-likeness (QED) is 0.675. The van der Waals surface area contributed by atoms with E-state index in [1.165, 1.54) is 5.56 Å². The predicted molar refractivity (Wildman–Crippen MR) is 102 cm³/mol. The zero-order valence-electron chi connectivity index (χ0n) is 14.8. The van der Waals surface area contributed by atoms with Gasteiger partial charge in [-0.15, -0.1) is 0 Å². The SMILES string of the molecule is C=Cn1c[n+](CC(=O)Nc2ccccc2[C@H](C)CC)c2ccccc21. The standard InChI is InChI=1S/C21H23N3O/c1-4-16(3)17-10-6-7-11-18(17)22-21(25)14-24-15-23(5-2)19-12-8-9-13-20(19)24/h5-13,15-16H,2,4,14H2,1,3H3/p+1/t16-/m1/s1. The van der Waals surface area contributed by atoms with E-state index in [1.54, 1.807) is 6.20 Å². The highest BCUT2D eigenvalue weighted by Crippen LogP contribution is 2.26. The van der Waals surface area contributed by atoms with Crippen molar-refractivity contribution in [2.45, 2.75) is 32.7 Å². The lowest BCUT2D eigenvalue weighted by Crippen LogP contribution is -2.39. The van der Waals surface area contributed by atoms with Gasteiger partial charge in [0.15, 0.2) is 17.6 Å². The number of anilines is 1. The van der Waals surface area contributed by atoms with E-state index in [4.69, 9.17) is 0 Å². The minimum atomic E-state index is -0.0345. The lowest BCUT2D eigenvalue weighted by Gasteiger charge is -2.15. The average Bonchev–Trinajstić information content (AvgIpc) is 2.99. The van der Waals surface area contributed by atoms with Crippen LogP contribution in [0.2, 0.25) is 0 Å². The van der Waals surface area contributed by atoms with Crippen LogP contribution in [-0.2, 0) is 11.3 Å². The molecule has 1 atom stereocenters. The molecule has 0 spiro atoms. The number of rotatable bonds is 6. The van der Waals surface area contributed by atoms with Crippen molar-refractivity contribution in [1.82, 2.24) is 4.57 Å². The van der Waals surface area contributed by atoms with E-state index in [0.29, 0.717) is 5.92 Å². The van der Waals surface area contributed by atoms with Crippen molar-refractivity contribution < 1.29 is 9.36 Å². The highest BCUT2D eigenvalue weighted by Gasteiger charge is 2.17. The van der Waals surface area contributed by atoms with Gasteiger partial charge in [-0.1, -0.05) is 50.8 Å². The molecule has 0 aliphatic carbocycles. The maximum Gasteiger partial charge on any atom is 0.266 e. The Hall–Kier alpha value is -2.88. The molecule has 4 heteroatoms. The molecule has 0 saturated carbocycles. The zero-order valence-corrected chi connectivity index (χ0v) is 14.8. The third-order valence-corrected chi connectivity index (χ3v) is 4.62. The molecule has 0 saturated heterocycles. The summed E-state index contributed by atoms with van der Waals surface area (Å²) in [5, 5.41) is 3.07. The largest absolute Gasteiger partial charge is 0.322 e. The van der Waals surface area contributed by atoms with Crippen LogP contribution in [0, 0.1) is 0 Å². The van der Waals surface area contributed by atoms with E-state index in [0.717, 1.165) is 23.1 Å². The number of hydrogen-bond acceptors (Lipinski definition) is 1. The molecule has 25 heavy (non-hydrogen) atoms. The van der Waals surface area contributed by atoms with Gasteiger partial charge in [-0.05, 0) is 36.1 Å². The van der Waals surface area contributed by atoms with Crippen LogP contribution in [0.4, 0.5) is 5.69 Å². The first kappa shape index (κ1) is 17.0. The summed E-state index contributed by atoms with van der Waals surface area (Å²) < 4.78 is 3.87. The molecule has 0 radical (unpaired) electrons. The van der Waals surface area contributed by atoms with Crippen LogP contribution >= 0.6 is 0 Å². The first-order valence-electron chi connectivity index (χ1n) is 8.64. The number of carbonyl (C=O) groups excluding carboxylic acids is 1. The van der Waals surface area contributed by atoms with Gasteiger partial charge in [-0.25, -0.2) is 9.13 Å². The van der Waals surface area contributed by atoms with Crippen LogP contribution in [0.25, 0.3) is 17.2 Å². The van der Waals surface area contributed by atoms with Crippen LogP contribution in [0.5, 0.6) is 0 Å². The number of benzene rings is 2. The van der Waals surface area contributed by atoms with Crippen molar-refractivity contribution in [2.24, 2.45) is 0 Å². The Morgan fingerprint density at radius 3 is 2.72 bits per heavy atom. The van der Waals surface area contributed by atoms with Gasteiger partial charge in [0.1, 0.15) is 0 Å². The molecule has 0 aliphatic rings. The predicted octanol–water partition coefficient (Wildman–Crippen LogP) is 4.18. The maximum atomic E-state index is 12.6. The minimum absolute atomic E-state index is 0.0345. The lowest BCUT2D eigenvalue weighted by atomic mass is 9.97. The van der Waals surface area contributed by atoms with Gasteiger partial charge in [-0.2, -0.15) is 0 Å². The van der Waals surface area contributed by atoms with Crippen LogP contribution in [-0.4, -0.2) is 10.5 Å². The number of aromatic nitrogens is 2. The molecular formula is C21H24N3O+. The van der Waals surface area contributed by atoms with Gasteiger partial charge >= 0.3 is 0 Å². The molecular weight excluding hydrogens is 310 g/mol. The average molecular weight is 334 g/mol. The Balaban J connectivity index is 1.84. The molecule has 0 bridgehead atoms. The fraction of sp³-hybridized carbons (Fsp3) is 0.238. The van der Waals surface area contributed by atoms with Crippen molar-refractivity contribution in [3.05, 3.63) is 67.0 Å². The van der Waals surface area contributed by atoms with E-state index in [2.05, 4.69) is 31.8 Å². The number of fused-ring (bicyclic) bond motifs is 1. The van der Waals surface area contributed by atoms with Crippen LogP contribution in [0.3, 0.4) is 0 Å². The third-order valence-electron chi connectivity index (χ3n) is 4.62. The summed E-state index contributed by atoms with van der Waals surface area (Å²) in [6.07, 6.45) is 4.68. The number of imidazole rings is 1. The molecule has 4 nitrogen and oxygen atoms in total. The fourth-order valence-corrected chi connectivity index (χ4v) is 3.08. The van der Waals surface area contributed by atoms with Gasteiger partial charge in [0.2, 0.25) is 6.33 Å². The summed E-state index contributed by atoms with van der Waals surface area (Å²) in [5.74, 6) is 0.375. The van der Waals surface area contributed by atoms with E-state index >= 15 is 0 Å².